The number of piperazine rings is 1. The van der Waals surface area contributed by atoms with Gasteiger partial charge in [-0.25, -0.2) is 0 Å². The van der Waals surface area contributed by atoms with Gasteiger partial charge in [-0.05, 0) is 68.4 Å². The van der Waals surface area contributed by atoms with Gasteiger partial charge in [-0.1, -0.05) is 24.6 Å². The van der Waals surface area contributed by atoms with Crippen molar-refractivity contribution < 1.29 is 14.3 Å². The van der Waals surface area contributed by atoms with Gasteiger partial charge in [0.2, 0.25) is 0 Å². The number of rotatable bonds is 4. The average Bonchev–Trinajstić information content (AvgIpc) is 3.06. The van der Waals surface area contributed by atoms with Crippen LogP contribution in [0.15, 0.2) is 47.6 Å². The maximum atomic E-state index is 12.9. The van der Waals surface area contributed by atoms with Crippen LogP contribution in [0.4, 0.5) is 5.69 Å². The highest BCUT2D eigenvalue weighted by Gasteiger charge is 2.51. The fourth-order valence-corrected chi connectivity index (χ4v) is 6.47. The van der Waals surface area contributed by atoms with E-state index in [0.717, 1.165) is 51.2 Å². The van der Waals surface area contributed by atoms with Crippen molar-refractivity contribution in [1.82, 2.24) is 4.90 Å². The summed E-state index contributed by atoms with van der Waals surface area (Å²) < 4.78 is 11.3. The zero-order valence-corrected chi connectivity index (χ0v) is 19.8. The van der Waals surface area contributed by atoms with Gasteiger partial charge < -0.3 is 14.4 Å². The Balaban J connectivity index is 1.28. The Morgan fingerprint density at radius 3 is 2.72 bits per heavy atom. The second-order valence-corrected chi connectivity index (χ2v) is 10.4. The van der Waals surface area contributed by atoms with Gasteiger partial charge in [-0.2, -0.15) is 0 Å². The van der Waals surface area contributed by atoms with E-state index in [1.807, 2.05) is 12.1 Å². The number of allylic oxidation sites excluding steroid dienone is 3. The molecule has 0 spiro atoms. The summed E-state index contributed by atoms with van der Waals surface area (Å²) in [5, 5.41) is 0. The highest BCUT2D eigenvalue weighted by Crippen LogP contribution is 2.52. The van der Waals surface area contributed by atoms with Crippen molar-refractivity contribution in [2.24, 2.45) is 17.3 Å². The number of hydrogen-bond acceptors (Lipinski definition) is 5. The molecule has 0 aromatic heterocycles. The maximum absolute atomic E-state index is 12.9. The average molecular weight is 437 g/mol. The van der Waals surface area contributed by atoms with E-state index in [-0.39, 0.29) is 29.3 Å². The van der Waals surface area contributed by atoms with Crippen LogP contribution in [-0.2, 0) is 9.53 Å². The first-order valence-corrected chi connectivity index (χ1v) is 12.1. The van der Waals surface area contributed by atoms with Crippen LogP contribution >= 0.6 is 0 Å². The first kappa shape index (κ1) is 21.6. The number of methoxy groups -OCH3 is 1. The lowest BCUT2D eigenvalue weighted by Gasteiger charge is -2.44. The lowest BCUT2D eigenvalue weighted by molar-refractivity contribution is -0.145. The Bertz CT molecular complexity index is 937. The van der Waals surface area contributed by atoms with Crippen LogP contribution in [0.2, 0.25) is 0 Å². The van der Waals surface area contributed by atoms with E-state index in [1.54, 1.807) is 7.11 Å². The predicted octanol–water partition coefficient (Wildman–Crippen LogP) is 4.44. The van der Waals surface area contributed by atoms with E-state index in [1.165, 1.54) is 16.8 Å². The number of carbonyl (C=O) groups is 1. The smallest absolute Gasteiger partial charge is 0.311 e. The van der Waals surface area contributed by atoms with Gasteiger partial charge in [0, 0.05) is 43.8 Å². The normalized spacial score (nSPS) is 34.9. The number of benzene rings is 1. The molecule has 0 saturated carbocycles. The Hall–Kier alpha value is -2.27. The maximum Gasteiger partial charge on any atom is 0.311 e. The molecule has 0 unspecified atom stereocenters. The summed E-state index contributed by atoms with van der Waals surface area (Å²) in [7, 11) is 1.70. The van der Waals surface area contributed by atoms with Gasteiger partial charge in [0.25, 0.3) is 0 Å². The molecule has 1 aromatic carbocycles. The predicted molar refractivity (Wildman–Crippen MR) is 127 cm³/mol. The van der Waals surface area contributed by atoms with E-state index in [4.69, 9.17) is 9.47 Å². The number of fused-ring (bicyclic) bond motifs is 2. The van der Waals surface area contributed by atoms with E-state index in [0.29, 0.717) is 6.04 Å². The molecule has 172 valence electrons. The third-order valence-electron chi connectivity index (χ3n) is 8.27. The van der Waals surface area contributed by atoms with Crippen LogP contribution < -0.4 is 9.64 Å². The minimum absolute atomic E-state index is 0.00552. The van der Waals surface area contributed by atoms with Gasteiger partial charge in [0.15, 0.2) is 0 Å². The third-order valence-corrected chi connectivity index (χ3v) is 8.27. The largest absolute Gasteiger partial charge is 0.497 e. The van der Waals surface area contributed by atoms with Crippen molar-refractivity contribution >= 4 is 11.7 Å². The van der Waals surface area contributed by atoms with Crippen LogP contribution in [0.25, 0.3) is 0 Å². The molecule has 1 aromatic rings. The molecule has 5 rings (SSSR count). The van der Waals surface area contributed by atoms with Crippen molar-refractivity contribution in [2.75, 3.05) is 38.2 Å². The van der Waals surface area contributed by atoms with E-state index in [2.05, 4.69) is 54.9 Å². The van der Waals surface area contributed by atoms with Gasteiger partial charge in [0.05, 0.1) is 13.0 Å². The molecule has 0 bridgehead atoms. The number of esters is 1. The van der Waals surface area contributed by atoms with Gasteiger partial charge in [-0.15, -0.1) is 0 Å². The third kappa shape index (κ3) is 3.75. The monoisotopic (exact) mass is 436 g/mol. The van der Waals surface area contributed by atoms with E-state index >= 15 is 0 Å². The highest BCUT2D eigenvalue weighted by molar-refractivity contribution is 5.76. The molecule has 0 N–H and O–H groups in total. The molecule has 2 aliphatic carbocycles. The molecule has 0 amide bonds. The number of ether oxygens (including phenoxy) is 2. The summed E-state index contributed by atoms with van der Waals surface area (Å²) in [6.45, 7) is 10.5. The Morgan fingerprint density at radius 1 is 1.22 bits per heavy atom. The molecular weight excluding hydrogens is 400 g/mol. The minimum Gasteiger partial charge on any atom is -0.497 e. The second-order valence-electron chi connectivity index (χ2n) is 10.4. The Morgan fingerprint density at radius 2 is 2.00 bits per heavy atom. The van der Waals surface area contributed by atoms with Crippen LogP contribution in [-0.4, -0.2) is 56.3 Å². The molecule has 5 atom stereocenters. The summed E-state index contributed by atoms with van der Waals surface area (Å²) in [5.74, 6) is 1.05. The van der Waals surface area contributed by atoms with Gasteiger partial charge >= 0.3 is 5.97 Å². The molecule has 2 heterocycles. The molecule has 2 fully saturated rings. The molecule has 0 radical (unpaired) electrons. The Labute approximate surface area is 192 Å². The standard InChI is InChI=1S/C27H36N2O3/c1-18-6-5-11-27(3)15-25-22(14-24(18)27)23(26(30)32-25)17-28-12-13-29(19(2)16-28)20-7-9-21(31-4)10-8-20/h6-10,14,19,22-23,25H,5,11-13,15-17H2,1-4H3/t19-,22+,23-,25+,27+/m0/s1. The van der Waals surface area contributed by atoms with Crippen molar-refractivity contribution in [3.8, 4) is 5.75 Å². The van der Waals surface area contributed by atoms with Gasteiger partial charge in [-0.3, -0.25) is 9.69 Å². The summed E-state index contributed by atoms with van der Waals surface area (Å²) in [4.78, 5) is 17.8. The SMILES string of the molecule is COc1ccc(N2CCN(C[C@@H]3C(=O)O[C@@H]4C[C@@]5(C)CCC=C(C)C5=C[C@H]34)C[C@@H]2C)cc1. The van der Waals surface area contributed by atoms with Crippen molar-refractivity contribution in [2.45, 2.75) is 52.2 Å². The molecule has 4 aliphatic rings. The fraction of sp³-hybridized carbons (Fsp3) is 0.593. The lowest BCUT2D eigenvalue weighted by atomic mass is 9.62. The summed E-state index contributed by atoms with van der Waals surface area (Å²) in [6, 6.07) is 8.70. The molecule has 32 heavy (non-hydrogen) atoms. The number of anilines is 1. The molecule has 2 saturated heterocycles. The van der Waals surface area contributed by atoms with Gasteiger partial charge in [0.1, 0.15) is 11.9 Å². The second kappa shape index (κ2) is 8.26. The molecular formula is C27H36N2O3. The topological polar surface area (TPSA) is 42.0 Å². The molecule has 2 aliphatic heterocycles. The number of hydrogen-bond donors (Lipinski definition) is 0. The zero-order chi connectivity index (χ0) is 22.5. The summed E-state index contributed by atoms with van der Waals surface area (Å²) in [6.07, 6.45) is 8.08. The van der Waals surface area contributed by atoms with Crippen LogP contribution in [0, 0.1) is 17.3 Å². The van der Waals surface area contributed by atoms with E-state index < -0.39 is 0 Å². The minimum atomic E-state index is -0.0495. The Kier molecular flexibility index (Phi) is 5.56. The quantitative estimate of drug-likeness (QED) is 0.653. The molecule has 5 heteroatoms. The van der Waals surface area contributed by atoms with Crippen molar-refractivity contribution in [3.05, 3.63) is 47.6 Å². The fourth-order valence-electron chi connectivity index (χ4n) is 6.47. The first-order chi connectivity index (χ1) is 15.4. The number of carbonyl (C=O) groups excluding carboxylic acids is 1. The molecule has 5 nitrogen and oxygen atoms in total. The van der Waals surface area contributed by atoms with E-state index in [9.17, 15) is 4.79 Å². The van der Waals surface area contributed by atoms with Crippen molar-refractivity contribution in [1.29, 1.82) is 0 Å². The summed E-state index contributed by atoms with van der Waals surface area (Å²) in [5.41, 5.74) is 4.25. The van der Waals surface area contributed by atoms with Crippen molar-refractivity contribution in [3.63, 3.8) is 0 Å². The van der Waals surface area contributed by atoms with Crippen LogP contribution in [0.1, 0.15) is 40.0 Å². The summed E-state index contributed by atoms with van der Waals surface area (Å²) >= 11 is 0. The first-order valence-electron chi connectivity index (χ1n) is 12.1. The lowest BCUT2D eigenvalue weighted by Crippen LogP contribution is -2.53. The highest BCUT2D eigenvalue weighted by atomic mass is 16.6. The zero-order valence-electron chi connectivity index (χ0n) is 19.8. The van der Waals surface area contributed by atoms with Crippen LogP contribution in [0.5, 0.6) is 5.75 Å². The number of nitrogens with zero attached hydrogens (tertiary/aromatic N) is 2. The van der Waals surface area contributed by atoms with Crippen LogP contribution in [0.3, 0.4) is 0 Å².